The molecule has 0 aliphatic rings. The lowest BCUT2D eigenvalue weighted by atomic mass is 10.2. The molecule has 0 atom stereocenters. The number of amides is 2. The highest BCUT2D eigenvalue weighted by Crippen LogP contribution is 2.17. The summed E-state index contributed by atoms with van der Waals surface area (Å²) in [5, 5.41) is 5.98. The molecule has 0 saturated heterocycles. The van der Waals surface area contributed by atoms with Crippen molar-refractivity contribution in [3.8, 4) is 0 Å². The standard InChI is InChI=1S/C17H15ClN2O2/c1-12(21)19-14-7-9-15(10-8-14)20-17(22)11-6-13-4-2-3-5-16(13)18/h2-11H,1H3,(H,19,21)(H,20,22)/b11-6+. The topological polar surface area (TPSA) is 58.2 Å². The molecule has 5 heteroatoms. The maximum absolute atomic E-state index is 11.8. The summed E-state index contributed by atoms with van der Waals surface area (Å²) in [4.78, 5) is 22.8. The summed E-state index contributed by atoms with van der Waals surface area (Å²) in [5.74, 6) is -0.397. The lowest BCUT2D eigenvalue weighted by Gasteiger charge is -2.05. The van der Waals surface area contributed by atoms with E-state index in [0.717, 1.165) is 5.56 Å². The summed E-state index contributed by atoms with van der Waals surface area (Å²) < 4.78 is 0. The second-order valence-corrected chi connectivity index (χ2v) is 5.01. The third kappa shape index (κ3) is 4.75. The van der Waals surface area contributed by atoms with E-state index in [9.17, 15) is 9.59 Å². The first-order valence-corrected chi connectivity index (χ1v) is 7.03. The molecule has 0 spiro atoms. The van der Waals surface area contributed by atoms with Gasteiger partial charge in [0.1, 0.15) is 0 Å². The van der Waals surface area contributed by atoms with Gasteiger partial charge in [0.2, 0.25) is 11.8 Å². The number of carbonyl (C=O) groups is 2. The van der Waals surface area contributed by atoms with Crippen LogP contribution >= 0.6 is 11.6 Å². The first kappa shape index (κ1) is 15.8. The molecular weight excluding hydrogens is 300 g/mol. The molecule has 0 unspecified atom stereocenters. The summed E-state index contributed by atoms with van der Waals surface area (Å²) in [5.41, 5.74) is 2.10. The quantitative estimate of drug-likeness (QED) is 0.839. The van der Waals surface area contributed by atoms with Crippen molar-refractivity contribution in [1.82, 2.24) is 0 Å². The van der Waals surface area contributed by atoms with Crippen molar-refractivity contribution >= 4 is 40.9 Å². The molecule has 22 heavy (non-hydrogen) atoms. The van der Waals surface area contributed by atoms with Crippen molar-refractivity contribution in [1.29, 1.82) is 0 Å². The fraction of sp³-hybridized carbons (Fsp3) is 0.0588. The van der Waals surface area contributed by atoms with E-state index in [1.807, 2.05) is 18.2 Å². The molecule has 2 N–H and O–H groups in total. The normalized spacial score (nSPS) is 10.5. The molecule has 0 fully saturated rings. The Bertz CT molecular complexity index is 709. The van der Waals surface area contributed by atoms with Gasteiger partial charge in [0.25, 0.3) is 0 Å². The average molecular weight is 315 g/mol. The van der Waals surface area contributed by atoms with Crippen LogP contribution in [0.1, 0.15) is 12.5 Å². The van der Waals surface area contributed by atoms with Gasteiger partial charge < -0.3 is 10.6 Å². The smallest absolute Gasteiger partial charge is 0.248 e. The minimum Gasteiger partial charge on any atom is -0.326 e. The zero-order valence-electron chi connectivity index (χ0n) is 12.0. The molecule has 4 nitrogen and oxygen atoms in total. The van der Waals surface area contributed by atoms with Crippen LogP contribution in [0.5, 0.6) is 0 Å². The number of halogens is 1. The van der Waals surface area contributed by atoms with Gasteiger partial charge in [-0.25, -0.2) is 0 Å². The van der Waals surface area contributed by atoms with Crippen LogP contribution in [0.4, 0.5) is 11.4 Å². The maximum Gasteiger partial charge on any atom is 0.248 e. The van der Waals surface area contributed by atoms with Crippen molar-refractivity contribution in [3.05, 3.63) is 65.2 Å². The molecule has 2 amide bonds. The summed E-state index contributed by atoms with van der Waals surface area (Å²) >= 11 is 6.01. The predicted octanol–water partition coefficient (Wildman–Crippen LogP) is 3.95. The van der Waals surface area contributed by atoms with Crippen molar-refractivity contribution in [2.24, 2.45) is 0 Å². The van der Waals surface area contributed by atoms with E-state index in [2.05, 4.69) is 10.6 Å². The van der Waals surface area contributed by atoms with Gasteiger partial charge >= 0.3 is 0 Å². The number of benzene rings is 2. The highest BCUT2D eigenvalue weighted by molar-refractivity contribution is 6.32. The molecule has 0 radical (unpaired) electrons. The maximum atomic E-state index is 11.8. The summed E-state index contributed by atoms with van der Waals surface area (Å²) in [6, 6.07) is 14.1. The van der Waals surface area contributed by atoms with Crippen molar-refractivity contribution in [2.75, 3.05) is 10.6 Å². The molecule has 0 heterocycles. The summed E-state index contributed by atoms with van der Waals surface area (Å²) in [6.45, 7) is 1.44. The molecule has 2 aromatic rings. The number of hydrogen-bond acceptors (Lipinski definition) is 2. The Morgan fingerprint density at radius 2 is 1.55 bits per heavy atom. The van der Waals surface area contributed by atoms with E-state index >= 15 is 0 Å². The monoisotopic (exact) mass is 314 g/mol. The van der Waals surface area contributed by atoms with Crippen LogP contribution in [-0.2, 0) is 9.59 Å². The Balaban J connectivity index is 1.97. The Labute approximate surface area is 133 Å². The van der Waals surface area contributed by atoms with Gasteiger partial charge in [0, 0.05) is 29.4 Å². The van der Waals surface area contributed by atoms with Crippen molar-refractivity contribution in [3.63, 3.8) is 0 Å². The van der Waals surface area contributed by atoms with E-state index < -0.39 is 0 Å². The third-order valence-corrected chi connectivity index (χ3v) is 3.14. The summed E-state index contributed by atoms with van der Waals surface area (Å²) in [6.07, 6.45) is 3.08. The highest BCUT2D eigenvalue weighted by Gasteiger charge is 2.00. The Morgan fingerprint density at radius 3 is 2.14 bits per heavy atom. The molecular formula is C17H15ClN2O2. The molecule has 0 saturated carbocycles. The van der Waals surface area contributed by atoms with Crippen LogP contribution in [0.15, 0.2) is 54.6 Å². The highest BCUT2D eigenvalue weighted by atomic mass is 35.5. The average Bonchev–Trinajstić information content (AvgIpc) is 2.48. The molecule has 112 valence electrons. The van der Waals surface area contributed by atoms with Crippen LogP contribution in [0.25, 0.3) is 6.08 Å². The number of hydrogen-bond donors (Lipinski definition) is 2. The van der Waals surface area contributed by atoms with Gasteiger partial charge in [-0.1, -0.05) is 29.8 Å². The summed E-state index contributed by atoms with van der Waals surface area (Å²) in [7, 11) is 0. The van der Waals surface area contributed by atoms with Crippen LogP contribution in [0.2, 0.25) is 5.02 Å². The number of nitrogens with one attached hydrogen (secondary N) is 2. The SMILES string of the molecule is CC(=O)Nc1ccc(NC(=O)/C=C/c2ccccc2Cl)cc1. The number of carbonyl (C=O) groups excluding carboxylic acids is 2. The zero-order valence-corrected chi connectivity index (χ0v) is 12.7. The lowest BCUT2D eigenvalue weighted by Crippen LogP contribution is -2.08. The van der Waals surface area contributed by atoms with Crippen LogP contribution in [0.3, 0.4) is 0 Å². The predicted molar refractivity (Wildman–Crippen MR) is 89.9 cm³/mol. The van der Waals surface area contributed by atoms with Crippen LogP contribution in [-0.4, -0.2) is 11.8 Å². The first-order chi connectivity index (χ1) is 10.5. The number of rotatable bonds is 4. The van der Waals surface area contributed by atoms with Crippen LogP contribution in [0, 0.1) is 0 Å². The molecule has 0 aliphatic carbocycles. The third-order valence-electron chi connectivity index (χ3n) is 2.79. The Hall–Kier alpha value is -2.59. The second-order valence-electron chi connectivity index (χ2n) is 4.60. The molecule has 0 bridgehead atoms. The van der Waals surface area contributed by atoms with E-state index in [1.165, 1.54) is 13.0 Å². The first-order valence-electron chi connectivity index (χ1n) is 6.66. The largest absolute Gasteiger partial charge is 0.326 e. The molecule has 0 aliphatic heterocycles. The van der Waals surface area contributed by atoms with Crippen LogP contribution < -0.4 is 10.6 Å². The van der Waals surface area contributed by atoms with E-state index in [-0.39, 0.29) is 11.8 Å². The Kier molecular flexibility index (Phi) is 5.33. The van der Waals surface area contributed by atoms with E-state index in [4.69, 9.17) is 11.6 Å². The van der Waals surface area contributed by atoms with E-state index in [1.54, 1.807) is 36.4 Å². The van der Waals surface area contributed by atoms with Gasteiger partial charge in [-0.15, -0.1) is 0 Å². The fourth-order valence-electron chi connectivity index (χ4n) is 1.80. The van der Waals surface area contributed by atoms with E-state index in [0.29, 0.717) is 16.4 Å². The van der Waals surface area contributed by atoms with Gasteiger partial charge in [-0.3, -0.25) is 9.59 Å². The zero-order chi connectivity index (χ0) is 15.9. The van der Waals surface area contributed by atoms with Crippen molar-refractivity contribution in [2.45, 2.75) is 6.92 Å². The minimum absolute atomic E-state index is 0.139. The number of anilines is 2. The Morgan fingerprint density at radius 1 is 0.955 bits per heavy atom. The van der Waals surface area contributed by atoms with Gasteiger partial charge in [-0.2, -0.15) is 0 Å². The minimum atomic E-state index is -0.257. The lowest BCUT2D eigenvalue weighted by molar-refractivity contribution is -0.114. The molecule has 2 rings (SSSR count). The van der Waals surface area contributed by atoms with Gasteiger partial charge in [-0.05, 0) is 42.0 Å². The van der Waals surface area contributed by atoms with Crippen molar-refractivity contribution < 1.29 is 9.59 Å². The fourth-order valence-corrected chi connectivity index (χ4v) is 2.00. The second kappa shape index (κ2) is 7.43. The van der Waals surface area contributed by atoms with Gasteiger partial charge in [0.15, 0.2) is 0 Å². The molecule has 0 aromatic heterocycles. The van der Waals surface area contributed by atoms with Gasteiger partial charge in [0.05, 0.1) is 0 Å². The molecule has 2 aromatic carbocycles.